The van der Waals surface area contributed by atoms with Gasteiger partial charge in [0.05, 0.1) is 5.69 Å². The van der Waals surface area contributed by atoms with Gasteiger partial charge >= 0.3 is 5.97 Å². The molecule has 0 unspecified atom stereocenters. The number of anilines is 1. The second kappa shape index (κ2) is 4.61. The highest BCUT2D eigenvalue weighted by atomic mass is 32.2. The molecule has 0 bridgehead atoms. The van der Waals surface area contributed by atoms with Crippen molar-refractivity contribution in [3.05, 3.63) is 36.7 Å². The van der Waals surface area contributed by atoms with Crippen molar-refractivity contribution in [2.24, 2.45) is 0 Å². The number of aliphatic carboxylic acids is 1. The van der Waals surface area contributed by atoms with E-state index in [4.69, 9.17) is 5.11 Å². The number of sulfonamides is 1. The highest BCUT2D eigenvalue weighted by molar-refractivity contribution is 7.93. The van der Waals surface area contributed by atoms with Gasteiger partial charge in [0.25, 0.3) is 0 Å². The highest BCUT2D eigenvalue weighted by Gasteiger charge is 2.16. The molecule has 0 saturated carbocycles. The predicted molar refractivity (Wildman–Crippen MR) is 66.8 cm³/mol. The van der Waals surface area contributed by atoms with Crippen LogP contribution in [0.25, 0.3) is 10.8 Å². The summed E-state index contributed by atoms with van der Waals surface area (Å²) in [5.74, 6) is -2.37. The van der Waals surface area contributed by atoms with Crippen molar-refractivity contribution in [1.82, 2.24) is 4.98 Å². The van der Waals surface area contributed by atoms with Crippen molar-refractivity contribution in [2.75, 3.05) is 10.5 Å². The number of rotatable bonds is 4. The van der Waals surface area contributed by atoms with Gasteiger partial charge in [0, 0.05) is 17.8 Å². The molecule has 0 spiro atoms. The van der Waals surface area contributed by atoms with Gasteiger partial charge in [-0.25, -0.2) is 8.42 Å². The van der Waals surface area contributed by atoms with E-state index in [2.05, 4.69) is 9.71 Å². The van der Waals surface area contributed by atoms with Crippen LogP contribution in [0.5, 0.6) is 0 Å². The van der Waals surface area contributed by atoms with Crippen LogP contribution in [0.15, 0.2) is 36.7 Å². The molecule has 2 N–H and O–H groups in total. The van der Waals surface area contributed by atoms with E-state index < -0.39 is 21.7 Å². The molecule has 0 aliphatic heterocycles. The molecule has 0 saturated heterocycles. The van der Waals surface area contributed by atoms with E-state index in [1.54, 1.807) is 24.4 Å². The molecule has 2 rings (SSSR count). The topological polar surface area (TPSA) is 96.4 Å². The quantitative estimate of drug-likeness (QED) is 0.862. The largest absolute Gasteiger partial charge is 0.480 e. The Kier molecular flexibility index (Phi) is 3.15. The van der Waals surface area contributed by atoms with Gasteiger partial charge in [-0.1, -0.05) is 12.1 Å². The lowest BCUT2D eigenvalue weighted by Crippen LogP contribution is -2.22. The Morgan fingerprint density at radius 3 is 2.83 bits per heavy atom. The number of benzene rings is 1. The van der Waals surface area contributed by atoms with Gasteiger partial charge in [0.1, 0.15) is 0 Å². The number of aromatic nitrogens is 1. The monoisotopic (exact) mass is 266 g/mol. The number of carboxylic acids is 1. The molecule has 6 nitrogen and oxygen atoms in total. The zero-order chi connectivity index (χ0) is 13.2. The fraction of sp³-hybridized carbons (Fsp3) is 0.0909. The molecule has 0 amide bonds. The third-order valence-electron chi connectivity index (χ3n) is 2.26. The third kappa shape index (κ3) is 2.75. The summed E-state index contributed by atoms with van der Waals surface area (Å²) in [6, 6.07) is 6.79. The number of hydrogen-bond donors (Lipinski definition) is 2. The number of carboxylic acid groups (broad SMARTS) is 1. The van der Waals surface area contributed by atoms with E-state index in [-0.39, 0.29) is 0 Å². The Morgan fingerprint density at radius 2 is 2.11 bits per heavy atom. The van der Waals surface area contributed by atoms with E-state index in [1.807, 2.05) is 6.07 Å². The Bertz CT molecular complexity index is 692. The molecule has 0 fully saturated rings. The molecule has 1 heterocycles. The molecule has 7 heteroatoms. The molecule has 1 aromatic heterocycles. The Hall–Kier alpha value is -2.15. The van der Waals surface area contributed by atoms with Crippen LogP contribution in [0.1, 0.15) is 0 Å². The average molecular weight is 266 g/mol. The van der Waals surface area contributed by atoms with Crippen molar-refractivity contribution in [3.8, 4) is 0 Å². The van der Waals surface area contributed by atoms with Crippen molar-refractivity contribution < 1.29 is 18.3 Å². The van der Waals surface area contributed by atoms with Gasteiger partial charge in [-0.3, -0.25) is 14.5 Å². The lowest BCUT2D eigenvalue weighted by atomic mass is 10.1. The standard InChI is InChI=1S/C11H10N2O4S/c14-11(15)7-18(16,17)13-10-3-1-2-8-4-5-12-6-9(8)10/h1-6,13H,7H2,(H,14,15). The minimum Gasteiger partial charge on any atom is -0.480 e. The van der Waals surface area contributed by atoms with Crippen LogP contribution < -0.4 is 4.72 Å². The third-order valence-corrected chi connectivity index (χ3v) is 3.42. The van der Waals surface area contributed by atoms with Crippen molar-refractivity contribution in [3.63, 3.8) is 0 Å². The van der Waals surface area contributed by atoms with Crippen molar-refractivity contribution >= 4 is 32.5 Å². The molecule has 0 radical (unpaired) electrons. The maximum atomic E-state index is 11.5. The van der Waals surface area contributed by atoms with Gasteiger partial charge < -0.3 is 5.11 Å². The molecule has 18 heavy (non-hydrogen) atoms. The Morgan fingerprint density at radius 1 is 1.33 bits per heavy atom. The minimum atomic E-state index is -3.90. The zero-order valence-corrected chi connectivity index (χ0v) is 10.0. The van der Waals surface area contributed by atoms with Crippen LogP contribution in [0.3, 0.4) is 0 Å². The lowest BCUT2D eigenvalue weighted by Gasteiger charge is -2.08. The number of pyridine rings is 1. The summed E-state index contributed by atoms with van der Waals surface area (Å²) in [5.41, 5.74) is 0.321. The zero-order valence-electron chi connectivity index (χ0n) is 9.20. The maximum Gasteiger partial charge on any atom is 0.320 e. The summed E-state index contributed by atoms with van der Waals surface area (Å²) in [7, 11) is -3.90. The van der Waals surface area contributed by atoms with Crippen LogP contribution in [-0.2, 0) is 14.8 Å². The smallest absolute Gasteiger partial charge is 0.320 e. The highest BCUT2D eigenvalue weighted by Crippen LogP contribution is 2.22. The molecule has 2 aromatic rings. The molecular weight excluding hydrogens is 256 g/mol. The predicted octanol–water partition coefficient (Wildman–Crippen LogP) is 1.06. The van der Waals surface area contributed by atoms with Crippen LogP contribution in [0.4, 0.5) is 5.69 Å². The molecular formula is C11H10N2O4S. The number of nitrogens with zero attached hydrogens (tertiary/aromatic N) is 1. The minimum absolute atomic E-state index is 0.321. The van der Waals surface area contributed by atoms with Gasteiger partial charge in [-0.05, 0) is 17.5 Å². The summed E-state index contributed by atoms with van der Waals surface area (Å²) >= 11 is 0. The lowest BCUT2D eigenvalue weighted by molar-refractivity contribution is -0.134. The summed E-state index contributed by atoms with van der Waals surface area (Å²) in [4.78, 5) is 14.4. The number of fused-ring (bicyclic) bond motifs is 1. The van der Waals surface area contributed by atoms with E-state index in [0.29, 0.717) is 11.1 Å². The molecule has 0 atom stereocenters. The second-order valence-corrected chi connectivity index (χ2v) is 5.38. The number of nitrogens with one attached hydrogen (secondary N) is 1. The molecule has 0 aliphatic carbocycles. The van der Waals surface area contributed by atoms with E-state index in [1.165, 1.54) is 6.20 Å². The summed E-state index contributed by atoms with van der Waals surface area (Å²) in [6.07, 6.45) is 3.12. The van der Waals surface area contributed by atoms with Crippen molar-refractivity contribution in [2.45, 2.75) is 0 Å². The first kappa shape index (κ1) is 12.3. The second-order valence-electron chi connectivity index (χ2n) is 3.66. The van der Waals surface area contributed by atoms with Crippen LogP contribution in [0.2, 0.25) is 0 Å². The van der Waals surface area contributed by atoms with Gasteiger partial charge in [-0.15, -0.1) is 0 Å². The van der Waals surface area contributed by atoms with Crippen LogP contribution in [0, 0.1) is 0 Å². The fourth-order valence-electron chi connectivity index (χ4n) is 1.57. The SMILES string of the molecule is O=C(O)CS(=O)(=O)Nc1cccc2ccncc12. The van der Waals surface area contributed by atoms with Gasteiger partial charge in [-0.2, -0.15) is 0 Å². The van der Waals surface area contributed by atoms with Gasteiger partial charge in [0.2, 0.25) is 10.0 Å². The first-order valence-corrected chi connectivity index (χ1v) is 6.68. The fourth-order valence-corrected chi connectivity index (χ4v) is 2.48. The van der Waals surface area contributed by atoms with E-state index in [0.717, 1.165) is 5.39 Å². The summed E-state index contributed by atoms with van der Waals surface area (Å²) in [6.45, 7) is 0. The Balaban J connectivity index is 2.41. The van der Waals surface area contributed by atoms with Gasteiger partial charge in [0.15, 0.2) is 5.75 Å². The molecule has 0 aliphatic rings. The van der Waals surface area contributed by atoms with Crippen LogP contribution in [-0.4, -0.2) is 30.2 Å². The maximum absolute atomic E-state index is 11.5. The summed E-state index contributed by atoms with van der Waals surface area (Å²) in [5, 5.41) is 9.95. The van der Waals surface area contributed by atoms with E-state index >= 15 is 0 Å². The van der Waals surface area contributed by atoms with E-state index in [9.17, 15) is 13.2 Å². The molecule has 94 valence electrons. The van der Waals surface area contributed by atoms with Crippen LogP contribution >= 0.6 is 0 Å². The summed E-state index contributed by atoms with van der Waals surface area (Å²) < 4.78 is 25.3. The first-order chi connectivity index (χ1) is 8.48. The molecule has 1 aromatic carbocycles. The number of hydrogen-bond acceptors (Lipinski definition) is 4. The Labute approximate surface area is 103 Å². The van der Waals surface area contributed by atoms with Crippen molar-refractivity contribution in [1.29, 1.82) is 0 Å². The first-order valence-electron chi connectivity index (χ1n) is 5.03. The average Bonchev–Trinajstić information content (AvgIpc) is 2.27. The number of carbonyl (C=O) groups is 1. The normalized spacial score (nSPS) is 11.3.